The Morgan fingerprint density at radius 1 is 1.08 bits per heavy atom. The fourth-order valence-electron chi connectivity index (χ4n) is 2.29. The van der Waals surface area contributed by atoms with E-state index in [9.17, 15) is 0 Å². The third kappa shape index (κ3) is 4.99. The zero-order chi connectivity index (χ0) is 18.4. The van der Waals surface area contributed by atoms with E-state index >= 15 is 0 Å². The van der Waals surface area contributed by atoms with Crippen LogP contribution >= 0.6 is 34.5 Å². The minimum Gasteiger partial charge on any atom is -0.315 e. The molecule has 1 heterocycles. The van der Waals surface area contributed by atoms with E-state index in [1.54, 1.807) is 12.1 Å². The molecule has 0 aliphatic rings. The minimum absolute atomic E-state index is 0.477. The SMILES string of the molecule is N#CCCNCCc1ccc(N=Nc2nc3cc(Cl)c(Cl)cc3s2)cc1. The predicted molar refractivity (Wildman–Crippen MR) is 107 cm³/mol. The van der Waals surface area contributed by atoms with Gasteiger partial charge in [-0.15, -0.1) is 10.2 Å². The number of fused-ring (bicyclic) bond motifs is 1. The Morgan fingerprint density at radius 2 is 1.85 bits per heavy atom. The highest BCUT2D eigenvalue weighted by atomic mass is 35.5. The van der Waals surface area contributed by atoms with Crippen molar-refractivity contribution in [3.8, 4) is 6.07 Å². The average Bonchev–Trinajstić information content (AvgIpc) is 3.03. The van der Waals surface area contributed by atoms with Crippen LogP contribution in [0.1, 0.15) is 12.0 Å². The molecule has 132 valence electrons. The normalized spacial score (nSPS) is 11.3. The molecule has 0 aliphatic heterocycles. The third-order valence-corrected chi connectivity index (χ3v) is 5.24. The number of nitriles is 1. The fraction of sp³-hybridized carbons (Fsp3) is 0.222. The summed E-state index contributed by atoms with van der Waals surface area (Å²) in [5.41, 5.74) is 2.73. The first-order valence-electron chi connectivity index (χ1n) is 7.99. The van der Waals surface area contributed by atoms with Crippen LogP contribution < -0.4 is 5.32 Å². The van der Waals surface area contributed by atoms with E-state index in [0.29, 0.717) is 21.6 Å². The van der Waals surface area contributed by atoms with Crippen LogP contribution in [0.4, 0.5) is 10.8 Å². The maximum atomic E-state index is 8.49. The van der Waals surface area contributed by atoms with Gasteiger partial charge in [-0.2, -0.15) is 5.26 Å². The third-order valence-electron chi connectivity index (χ3n) is 3.61. The molecule has 26 heavy (non-hydrogen) atoms. The van der Waals surface area contributed by atoms with E-state index in [0.717, 1.165) is 35.4 Å². The molecule has 0 saturated carbocycles. The van der Waals surface area contributed by atoms with Crippen molar-refractivity contribution in [1.29, 1.82) is 5.26 Å². The highest BCUT2D eigenvalue weighted by Crippen LogP contribution is 2.34. The van der Waals surface area contributed by atoms with E-state index in [1.165, 1.54) is 16.9 Å². The molecule has 0 amide bonds. The summed E-state index contributed by atoms with van der Waals surface area (Å²) >= 11 is 13.4. The fourth-order valence-corrected chi connectivity index (χ4v) is 3.48. The molecule has 0 fully saturated rings. The first kappa shape index (κ1) is 18.7. The standard InChI is InChI=1S/C18H15Cl2N5S/c19-14-10-16-17(11-15(14)20)26-18(23-16)25-24-13-4-2-12(3-5-13)6-9-22-8-1-7-21/h2-5,10-11,22H,1,6,8-9H2. The molecular weight excluding hydrogens is 389 g/mol. The number of hydrogen-bond donors (Lipinski definition) is 1. The number of benzene rings is 2. The van der Waals surface area contributed by atoms with Gasteiger partial charge in [0.25, 0.3) is 0 Å². The van der Waals surface area contributed by atoms with Gasteiger partial charge in [-0.1, -0.05) is 46.7 Å². The minimum atomic E-state index is 0.477. The van der Waals surface area contributed by atoms with Gasteiger partial charge in [0.15, 0.2) is 0 Å². The van der Waals surface area contributed by atoms with E-state index in [-0.39, 0.29) is 0 Å². The highest BCUT2D eigenvalue weighted by molar-refractivity contribution is 7.22. The number of nitrogens with zero attached hydrogens (tertiary/aromatic N) is 4. The summed E-state index contributed by atoms with van der Waals surface area (Å²) in [5, 5.41) is 21.7. The first-order chi connectivity index (χ1) is 12.7. The van der Waals surface area contributed by atoms with Gasteiger partial charge in [-0.25, -0.2) is 4.98 Å². The summed E-state index contributed by atoms with van der Waals surface area (Å²) in [6.07, 6.45) is 1.44. The van der Waals surface area contributed by atoms with Crippen molar-refractivity contribution >= 4 is 55.6 Å². The lowest BCUT2D eigenvalue weighted by molar-refractivity contribution is 0.692. The van der Waals surface area contributed by atoms with Crippen LogP contribution in [0.5, 0.6) is 0 Å². The summed E-state index contributed by atoms with van der Waals surface area (Å²) in [7, 11) is 0. The van der Waals surface area contributed by atoms with Crippen LogP contribution in [0.15, 0.2) is 46.6 Å². The van der Waals surface area contributed by atoms with Crippen LogP contribution in [0.25, 0.3) is 10.2 Å². The van der Waals surface area contributed by atoms with Crippen molar-refractivity contribution in [3.05, 3.63) is 52.0 Å². The summed E-state index contributed by atoms with van der Waals surface area (Å²) in [6, 6.07) is 13.5. The quantitative estimate of drug-likeness (QED) is 0.384. The molecule has 2 aromatic carbocycles. The van der Waals surface area contributed by atoms with Gasteiger partial charge in [0.1, 0.15) is 0 Å². The first-order valence-corrected chi connectivity index (χ1v) is 9.57. The molecule has 0 atom stereocenters. The predicted octanol–water partition coefficient (Wildman–Crippen LogP) is 6.06. The van der Waals surface area contributed by atoms with Crippen molar-refractivity contribution in [2.75, 3.05) is 13.1 Å². The second-order valence-corrected chi connectivity index (χ2v) is 7.33. The lowest BCUT2D eigenvalue weighted by Crippen LogP contribution is -2.17. The number of aromatic nitrogens is 1. The zero-order valence-electron chi connectivity index (χ0n) is 13.7. The summed E-state index contributed by atoms with van der Waals surface area (Å²) in [5.74, 6) is 0. The van der Waals surface area contributed by atoms with Gasteiger partial charge < -0.3 is 5.32 Å². The molecule has 1 aromatic heterocycles. The Hall–Kier alpha value is -2.04. The zero-order valence-corrected chi connectivity index (χ0v) is 16.1. The van der Waals surface area contributed by atoms with Crippen molar-refractivity contribution in [2.24, 2.45) is 10.2 Å². The number of hydrogen-bond acceptors (Lipinski definition) is 6. The largest absolute Gasteiger partial charge is 0.315 e. The van der Waals surface area contributed by atoms with Gasteiger partial charge >= 0.3 is 0 Å². The van der Waals surface area contributed by atoms with Crippen molar-refractivity contribution in [1.82, 2.24) is 10.3 Å². The van der Waals surface area contributed by atoms with Crippen LogP contribution in [0.2, 0.25) is 10.0 Å². The topological polar surface area (TPSA) is 73.4 Å². The Balaban J connectivity index is 1.61. The van der Waals surface area contributed by atoms with Crippen molar-refractivity contribution in [2.45, 2.75) is 12.8 Å². The number of azo groups is 1. The smallest absolute Gasteiger partial charge is 0.231 e. The molecule has 3 aromatic rings. The summed E-state index contributed by atoms with van der Waals surface area (Å²) < 4.78 is 0.924. The second kappa shape index (κ2) is 9.06. The van der Waals surface area contributed by atoms with Gasteiger partial charge in [-0.3, -0.25) is 0 Å². The van der Waals surface area contributed by atoms with Gasteiger partial charge in [0.05, 0.1) is 32.0 Å². The Bertz CT molecular complexity index is 921. The van der Waals surface area contributed by atoms with Crippen molar-refractivity contribution in [3.63, 3.8) is 0 Å². The van der Waals surface area contributed by atoms with Gasteiger partial charge in [0, 0.05) is 13.0 Å². The number of halogens is 2. The maximum Gasteiger partial charge on any atom is 0.231 e. The van der Waals surface area contributed by atoms with E-state index in [1.807, 2.05) is 24.3 Å². The highest BCUT2D eigenvalue weighted by Gasteiger charge is 2.07. The molecule has 3 rings (SSSR count). The van der Waals surface area contributed by atoms with Crippen molar-refractivity contribution < 1.29 is 0 Å². The number of thiazole rings is 1. The molecule has 0 aliphatic carbocycles. The molecular formula is C18H15Cl2N5S. The number of rotatable bonds is 7. The second-order valence-electron chi connectivity index (χ2n) is 5.51. The van der Waals surface area contributed by atoms with Gasteiger partial charge in [-0.05, 0) is 42.8 Å². The molecule has 5 nitrogen and oxygen atoms in total. The molecule has 8 heteroatoms. The molecule has 0 spiro atoms. The Kier molecular flexibility index (Phi) is 6.53. The van der Waals surface area contributed by atoms with Gasteiger partial charge in [0.2, 0.25) is 5.13 Å². The molecule has 1 N–H and O–H groups in total. The lowest BCUT2D eigenvalue weighted by Gasteiger charge is -2.02. The summed E-state index contributed by atoms with van der Waals surface area (Å²) in [4.78, 5) is 4.40. The average molecular weight is 404 g/mol. The number of nitrogens with one attached hydrogen (secondary N) is 1. The molecule has 0 unspecified atom stereocenters. The van der Waals surface area contributed by atoms with Crippen LogP contribution in [-0.4, -0.2) is 18.1 Å². The Morgan fingerprint density at radius 3 is 2.62 bits per heavy atom. The van der Waals surface area contributed by atoms with Crippen LogP contribution in [0, 0.1) is 11.3 Å². The van der Waals surface area contributed by atoms with E-state index in [4.69, 9.17) is 28.5 Å². The monoisotopic (exact) mass is 403 g/mol. The lowest BCUT2D eigenvalue weighted by atomic mass is 10.1. The van der Waals surface area contributed by atoms with E-state index in [2.05, 4.69) is 26.6 Å². The molecule has 0 bridgehead atoms. The molecule has 0 radical (unpaired) electrons. The van der Waals surface area contributed by atoms with Crippen LogP contribution in [0.3, 0.4) is 0 Å². The Labute approximate surface area is 165 Å². The van der Waals surface area contributed by atoms with Crippen LogP contribution in [-0.2, 0) is 6.42 Å². The summed E-state index contributed by atoms with van der Waals surface area (Å²) in [6.45, 7) is 1.57. The van der Waals surface area contributed by atoms with E-state index < -0.39 is 0 Å². The maximum absolute atomic E-state index is 8.49. The molecule has 0 saturated heterocycles.